The van der Waals surface area contributed by atoms with Crippen LogP contribution in [0.5, 0.6) is 0 Å². The highest BCUT2D eigenvalue weighted by molar-refractivity contribution is 5.98. The molecular weight excluding hydrogens is 379 g/mol. The largest absolute Gasteiger partial charge is 0.368 e. The summed E-state index contributed by atoms with van der Waals surface area (Å²) in [6.07, 6.45) is 1.29. The number of anilines is 2. The molecule has 1 aliphatic rings. The van der Waals surface area contributed by atoms with Gasteiger partial charge in [0.05, 0.1) is 6.54 Å². The molecule has 1 aromatic rings. The molecule has 0 bridgehead atoms. The number of benzene rings is 1. The van der Waals surface area contributed by atoms with Crippen LogP contribution in [0.4, 0.5) is 11.4 Å². The van der Waals surface area contributed by atoms with Gasteiger partial charge in [0.15, 0.2) is 0 Å². The van der Waals surface area contributed by atoms with Crippen molar-refractivity contribution in [1.29, 1.82) is 0 Å². The molecule has 1 fully saturated rings. The zero-order chi connectivity index (χ0) is 17.6. The van der Waals surface area contributed by atoms with Crippen LogP contribution in [0, 0.1) is 0 Å². The van der Waals surface area contributed by atoms with E-state index in [2.05, 4.69) is 16.0 Å². The molecule has 0 aromatic heterocycles. The molecule has 1 heterocycles. The number of rotatable bonds is 6. The van der Waals surface area contributed by atoms with Crippen LogP contribution in [-0.2, 0) is 14.3 Å². The predicted octanol–water partition coefficient (Wildman–Crippen LogP) is 1.74. The maximum atomic E-state index is 12.6. The molecule has 9 heteroatoms. The zero-order valence-electron chi connectivity index (χ0n) is 15.3. The summed E-state index contributed by atoms with van der Waals surface area (Å²) < 4.78 is 5.51. The van der Waals surface area contributed by atoms with Crippen molar-refractivity contribution in [2.45, 2.75) is 18.4 Å². The van der Waals surface area contributed by atoms with Crippen LogP contribution < -0.4 is 16.0 Å². The number of methoxy groups -OCH3 is 1. The van der Waals surface area contributed by atoms with Gasteiger partial charge in [0.2, 0.25) is 5.91 Å². The third-order valence-corrected chi connectivity index (χ3v) is 4.10. The molecule has 0 saturated carbocycles. The summed E-state index contributed by atoms with van der Waals surface area (Å²) >= 11 is 0. The lowest BCUT2D eigenvalue weighted by atomic mass is 9.91. The molecule has 2 rings (SSSR count). The van der Waals surface area contributed by atoms with E-state index in [0.717, 1.165) is 13.1 Å². The number of carbonyl (C=O) groups is 2. The Bertz CT molecular complexity index is 576. The maximum absolute atomic E-state index is 12.6. The minimum atomic E-state index is -0.774. The second-order valence-corrected chi connectivity index (χ2v) is 6.27. The van der Waals surface area contributed by atoms with E-state index in [1.165, 1.54) is 0 Å². The van der Waals surface area contributed by atoms with Gasteiger partial charge >= 0.3 is 0 Å². The topological polar surface area (TPSA) is 82.7 Å². The molecule has 0 radical (unpaired) electrons. The lowest BCUT2D eigenvalue weighted by molar-refractivity contribution is -0.140. The number of piperidine rings is 1. The number of halogens is 2. The van der Waals surface area contributed by atoms with Crippen LogP contribution in [0.25, 0.3) is 0 Å². The Hall–Kier alpha value is -1.38. The van der Waals surface area contributed by atoms with Crippen molar-refractivity contribution in [3.63, 3.8) is 0 Å². The van der Waals surface area contributed by atoms with Gasteiger partial charge in [-0.2, -0.15) is 0 Å². The Labute approximate surface area is 167 Å². The van der Waals surface area contributed by atoms with Gasteiger partial charge < -0.3 is 25.6 Å². The number of likely N-dealkylation sites (N-methyl/N-ethyl adjacent to an activating group) is 1. The molecule has 148 valence electrons. The van der Waals surface area contributed by atoms with E-state index in [0.29, 0.717) is 30.8 Å². The number of amides is 2. The lowest BCUT2D eigenvalue weighted by Crippen LogP contribution is -2.51. The van der Waals surface area contributed by atoms with Crippen molar-refractivity contribution in [1.82, 2.24) is 10.2 Å². The summed E-state index contributed by atoms with van der Waals surface area (Å²) in [5.74, 6) is -0.208. The maximum Gasteiger partial charge on any atom is 0.256 e. The van der Waals surface area contributed by atoms with E-state index in [4.69, 9.17) is 4.74 Å². The van der Waals surface area contributed by atoms with E-state index in [-0.39, 0.29) is 36.6 Å². The molecule has 3 N–H and O–H groups in total. The molecule has 0 spiro atoms. The number of hydrogen-bond donors (Lipinski definition) is 3. The summed E-state index contributed by atoms with van der Waals surface area (Å²) in [7, 11) is 5.25. The zero-order valence-corrected chi connectivity index (χ0v) is 17.0. The van der Waals surface area contributed by atoms with Gasteiger partial charge in [-0.25, -0.2) is 0 Å². The van der Waals surface area contributed by atoms with Crippen molar-refractivity contribution in [3.05, 3.63) is 24.3 Å². The van der Waals surface area contributed by atoms with E-state index in [1.807, 2.05) is 14.1 Å². The van der Waals surface area contributed by atoms with Crippen LogP contribution >= 0.6 is 24.8 Å². The molecule has 7 nitrogen and oxygen atoms in total. The Morgan fingerprint density at radius 3 is 2.04 bits per heavy atom. The first-order chi connectivity index (χ1) is 11.4. The summed E-state index contributed by atoms with van der Waals surface area (Å²) in [5, 5.41) is 8.94. The second-order valence-electron chi connectivity index (χ2n) is 6.27. The highest BCUT2D eigenvalue weighted by Gasteiger charge is 2.39. The number of ether oxygens (including phenoxy) is 1. The lowest BCUT2D eigenvalue weighted by Gasteiger charge is -2.34. The van der Waals surface area contributed by atoms with Gasteiger partial charge in [-0.3, -0.25) is 9.59 Å². The van der Waals surface area contributed by atoms with Crippen molar-refractivity contribution in [2.75, 3.05) is 51.5 Å². The van der Waals surface area contributed by atoms with Crippen LogP contribution in [0.3, 0.4) is 0 Å². The summed E-state index contributed by atoms with van der Waals surface area (Å²) in [4.78, 5) is 26.1. The molecule has 1 aromatic carbocycles. The quantitative estimate of drug-likeness (QED) is 0.669. The SMILES string of the molecule is COC1(C(=O)Nc2ccc(NC(=O)CN(C)C)cc2)CCNCC1.Cl.Cl. The molecule has 1 aliphatic heterocycles. The van der Waals surface area contributed by atoms with Gasteiger partial charge in [0.1, 0.15) is 5.60 Å². The highest BCUT2D eigenvalue weighted by Crippen LogP contribution is 2.25. The average molecular weight is 407 g/mol. The summed E-state index contributed by atoms with van der Waals surface area (Å²) in [5.41, 5.74) is 0.604. The Morgan fingerprint density at radius 1 is 1.08 bits per heavy atom. The highest BCUT2D eigenvalue weighted by atomic mass is 35.5. The minimum Gasteiger partial charge on any atom is -0.368 e. The Balaban J connectivity index is 0.00000312. The number of hydrogen-bond acceptors (Lipinski definition) is 5. The normalized spacial score (nSPS) is 15.4. The minimum absolute atomic E-state index is 0. The molecule has 0 atom stereocenters. The van der Waals surface area contributed by atoms with Crippen LogP contribution in [0.2, 0.25) is 0 Å². The van der Waals surface area contributed by atoms with Crippen molar-refractivity contribution < 1.29 is 14.3 Å². The first-order valence-electron chi connectivity index (χ1n) is 8.07. The third kappa shape index (κ3) is 6.74. The molecule has 0 unspecified atom stereocenters. The first kappa shape index (κ1) is 24.6. The standard InChI is InChI=1S/C17H26N4O3.2ClH/c1-21(2)12-15(22)19-13-4-6-14(7-5-13)20-16(23)17(24-3)8-10-18-11-9-17;;/h4-7,18H,8-12H2,1-3H3,(H,19,22)(H,20,23);2*1H. The van der Waals surface area contributed by atoms with Crippen LogP contribution in [-0.4, -0.2) is 63.2 Å². The second kappa shape index (κ2) is 11.4. The average Bonchev–Trinajstić information content (AvgIpc) is 2.56. The predicted molar refractivity (Wildman–Crippen MR) is 109 cm³/mol. The van der Waals surface area contributed by atoms with Crippen LogP contribution in [0.15, 0.2) is 24.3 Å². The fraction of sp³-hybridized carbons (Fsp3) is 0.529. The van der Waals surface area contributed by atoms with E-state index < -0.39 is 5.60 Å². The van der Waals surface area contributed by atoms with Crippen molar-refractivity contribution in [2.24, 2.45) is 0 Å². The van der Waals surface area contributed by atoms with E-state index in [1.54, 1.807) is 36.3 Å². The van der Waals surface area contributed by atoms with Gasteiger partial charge in [-0.05, 0) is 64.3 Å². The fourth-order valence-corrected chi connectivity index (χ4v) is 2.72. The van der Waals surface area contributed by atoms with E-state index in [9.17, 15) is 9.59 Å². The van der Waals surface area contributed by atoms with Crippen LogP contribution in [0.1, 0.15) is 12.8 Å². The Kier molecular flexibility index (Phi) is 10.8. The molecule has 0 aliphatic carbocycles. The van der Waals surface area contributed by atoms with Gasteiger partial charge in [-0.15, -0.1) is 24.8 Å². The monoisotopic (exact) mass is 406 g/mol. The van der Waals surface area contributed by atoms with Crippen molar-refractivity contribution >= 4 is 48.0 Å². The molecule has 26 heavy (non-hydrogen) atoms. The first-order valence-corrected chi connectivity index (χ1v) is 8.07. The number of nitrogens with one attached hydrogen (secondary N) is 3. The molecule has 2 amide bonds. The number of nitrogens with zero attached hydrogens (tertiary/aromatic N) is 1. The van der Waals surface area contributed by atoms with Gasteiger partial charge in [0.25, 0.3) is 5.91 Å². The van der Waals surface area contributed by atoms with Crippen molar-refractivity contribution in [3.8, 4) is 0 Å². The molecule has 1 saturated heterocycles. The summed E-state index contributed by atoms with van der Waals surface area (Å²) in [6, 6.07) is 7.08. The fourth-order valence-electron chi connectivity index (χ4n) is 2.72. The van der Waals surface area contributed by atoms with Gasteiger partial charge in [-0.1, -0.05) is 0 Å². The third-order valence-electron chi connectivity index (χ3n) is 4.10. The Morgan fingerprint density at radius 2 is 1.58 bits per heavy atom. The summed E-state index contributed by atoms with van der Waals surface area (Å²) in [6.45, 7) is 1.85. The molecular formula is C17H28Cl2N4O3. The van der Waals surface area contributed by atoms with E-state index >= 15 is 0 Å². The smallest absolute Gasteiger partial charge is 0.256 e. The van der Waals surface area contributed by atoms with Gasteiger partial charge in [0, 0.05) is 18.5 Å². The number of carbonyl (C=O) groups excluding carboxylic acids is 2.